The van der Waals surface area contributed by atoms with Crippen molar-refractivity contribution in [2.24, 2.45) is 7.05 Å². The normalized spacial score (nSPS) is 13.0. The van der Waals surface area contributed by atoms with E-state index in [0.29, 0.717) is 6.54 Å². The molecule has 10 heteroatoms. The SMILES string of the molecule is Cn1c(SCC(=O)NC[C@@H](c2ccccc2)[NH+](C)C)nnc1C(F)(F)F. The Hall–Kier alpha value is -2.07. The van der Waals surface area contributed by atoms with E-state index in [0.717, 1.165) is 26.8 Å². The van der Waals surface area contributed by atoms with Crippen molar-refractivity contribution in [1.29, 1.82) is 0 Å². The summed E-state index contributed by atoms with van der Waals surface area (Å²) in [5.41, 5.74) is 1.10. The number of thioether (sulfide) groups is 1. The van der Waals surface area contributed by atoms with Gasteiger partial charge >= 0.3 is 6.18 Å². The zero-order chi connectivity index (χ0) is 19.3. The topological polar surface area (TPSA) is 64.2 Å². The highest BCUT2D eigenvalue weighted by Crippen LogP contribution is 2.29. The zero-order valence-corrected chi connectivity index (χ0v) is 15.5. The lowest BCUT2D eigenvalue weighted by Gasteiger charge is -2.22. The van der Waals surface area contributed by atoms with Crippen LogP contribution in [0.15, 0.2) is 35.5 Å². The van der Waals surface area contributed by atoms with Crippen LogP contribution in [0.1, 0.15) is 17.4 Å². The van der Waals surface area contributed by atoms with E-state index in [2.05, 4.69) is 15.5 Å². The summed E-state index contributed by atoms with van der Waals surface area (Å²) in [6.07, 6.45) is -4.57. The van der Waals surface area contributed by atoms with E-state index in [1.807, 2.05) is 44.4 Å². The minimum Gasteiger partial charge on any atom is -0.349 e. The number of aromatic nitrogens is 3. The molecule has 0 unspecified atom stereocenters. The van der Waals surface area contributed by atoms with Crippen LogP contribution in [-0.4, -0.2) is 47.1 Å². The fourth-order valence-electron chi connectivity index (χ4n) is 2.43. The predicted molar refractivity (Wildman–Crippen MR) is 91.7 cm³/mol. The number of carbonyl (C=O) groups is 1. The second kappa shape index (κ2) is 8.54. The number of halogens is 3. The first kappa shape index (κ1) is 20.2. The van der Waals surface area contributed by atoms with Gasteiger partial charge in [0.1, 0.15) is 6.04 Å². The Morgan fingerprint density at radius 1 is 1.27 bits per heavy atom. The number of quaternary nitrogens is 1. The van der Waals surface area contributed by atoms with Gasteiger partial charge in [-0.05, 0) is 0 Å². The number of benzene rings is 1. The van der Waals surface area contributed by atoms with Crippen LogP contribution in [-0.2, 0) is 18.0 Å². The molecule has 2 N–H and O–H groups in total. The first-order valence-corrected chi connectivity index (χ1v) is 8.89. The van der Waals surface area contributed by atoms with Crippen LogP contribution >= 0.6 is 11.8 Å². The molecule has 0 aliphatic heterocycles. The second-order valence-corrected chi connectivity index (χ2v) is 6.94. The molecule has 0 aliphatic carbocycles. The quantitative estimate of drug-likeness (QED) is 0.693. The lowest BCUT2D eigenvalue weighted by atomic mass is 10.1. The molecule has 0 saturated heterocycles. The van der Waals surface area contributed by atoms with E-state index in [4.69, 9.17) is 0 Å². The van der Waals surface area contributed by atoms with Crippen LogP contribution in [0.4, 0.5) is 13.2 Å². The maximum atomic E-state index is 12.7. The summed E-state index contributed by atoms with van der Waals surface area (Å²) in [5.74, 6) is -1.39. The van der Waals surface area contributed by atoms with Crippen LogP contribution in [0.3, 0.4) is 0 Å². The molecule has 0 saturated carbocycles. The van der Waals surface area contributed by atoms with Gasteiger partial charge in [-0.15, -0.1) is 10.2 Å². The lowest BCUT2D eigenvalue weighted by molar-refractivity contribution is -0.890. The van der Waals surface area contributed by atoms with Gasteiger partial charge in [-0.2, -0.15) is 13.2 Å². The Balaban J connectivity index is 1.90. The van der Waals surface area contributed by atoms with E-state index in [9.17, 15) is 18.0 Å². The second-order valence-electron chi connectivity index (χ2n) is 6.00. The van der Waals surface area contributed by atoms with E-state index in [1.165, 1.54) is 7.05 Å². The maximum Gasteiger partial charge on any atom is 0.451 e. The van der Waals surface area contributed by atoms with Crippen molar-refractivity contribution in [3.8, 4) is 0 Å². The average molecular weight is 388 g/mol. The summed E-state index contributed by atoms with van der Waals surface area (Å²) in [5, 5.41) is 9.51. The molecule has 142 valence electrons. The molecule has 1 aromatic carbocycles. The molecule has 1 amide bonds. The number of amides is 1. The van der Waals surface area contributed by atoms with Gasteiger partial charge in [0, 0.05) is 12.6 Å². The molecule has 1 heterocycles. The standard InChI is InChI=1S/C16H20F3N5OS/c1-23(2)12(11-7-5-4-6-8-11)9-20-13(25)10-26-15-22-21-14(24(15)3)16(17,18)19/h4-8,12H,9-10H2,1-3H3,(H,20,25)/p+1/t12-/m0/s1. The molecule has 0 radical (unpaired) electrons. The number of rotatable bonds is 7. The van der Waals surface area contributed by atoms with Crippen molar-refractivity contribution < 1.29 is 22.9 Å². The molecule has 0 bridgehead atoms. The van der Waals surface area contributed by atoms with E-state index < -0.39 is 12.0 Å². The molecular formula is C16H21F3N5OS+. The third kappa shape index (κ3) is 5.21. The summed E-state index contributed by atoms with van der Waals surface area (Å²) < 4.78 is 38.9. The molecule has 1 atom stereocenters. The zero-order valence-electron chi connectivity index (χ0n) is 14.7. The maximum absolute atomic E-state index is 12.7. The fourth-order valence-corrected chi connectivity index (χ4v) is 3.17. The summed E-state index contributed by atoms with van der Waals surface area (Å²) >= 11 is 0.918. The third-order valence-electron chi connectivity index (χ3n) is 3.82. The smallest absolute Gasteiger partial charge is 0.349 e. The largest absolute Gasteiger partial charge is 0.451 e. The van der Waals surface area contributed by atoms with Gasteiger partial charge in [0.2, 0.25) is 11.7 Å². The van der Waals surface area contributed by atoms with Gasteiger partial charge in [-0.1, -0.05) is 42.1 Å². The Kier molecular flexibility index (Phi) is 6.65. The van der Waals surface area contributed by atoms with Crippen molar-refractivity contribution in [3.05, 3.63) is 41.7 Å². The van der Waals surface area contributed by atoms with Gasteiger partial charge in [0.05, 0.1) is 26.4 Å². The molecule has 2 rings (SSSR count). The Morgan fingerprint density at radius 3 is 2.46 bits per heavy atom. The number of alkyl halides is 3. The molecule has 0 aliphatic rings. The van der Waals surface area contributed by atoms with Crippen LogP contribution in [0.5, 0.6) is 0 Å². The monoisotopic (exact) mass is 388 g/mol. The van der Waals surface area contributed by atoms with Crippen LogP contribution in [0, 0.1) is 0 Å². The Labute approximate surface area is 153 Å². The van der Waals surface area contributed by atoms with Crippen molar-refractivity contribution in [3.63, 3.8) is 0 Å². The lowest BCUT2D eigenvalue weighted by Crippen LogP contribution is -3.07. The molecule has 2 aromatic rings. The van der Waals surface area contributed by atoms with Gasteiger partial charge in [0.25, 0.3) is 0 Å². The number of nitrogens with zero attached hydrogens (tertiary/aromatic N) is 3. The summed E-state index contributed by atoms with van der Waals surface area (Å²) in [4.78, 5) is 13.2. The van der Waals surface area contributed by atoms with Crippen LogP contribution in [0.25, 0.3) is 0 Å². The summed E-state index contributed by atoms with van der Waals surface area (Å²) in [7, 11) is 5.22. The van der Waals surface area contributed by atoms with Crippen LogP contribution in [0.2, 0.25) is 0 Å². The van der Waals surface area contributed by atoms with Gasteiger partial charge in [0.15, 0.2) is 5.16 Å². The van der Waals surface area contributed by atoms with Crippen LogP contribution < -0.4 is 10.2 Å². The molecular weight excluding hydrogens is 367 g/mol. The fraction of sp³-hybridized carbons (Fsp3) is 0.438. The highest BCUT2D eigenvalue weighted by molar-refractivity contribution is 7.99. The number of hydrogen-bond donors (Lipinski definition) is 2. The number of hydrogen-bond acceptors (Lipinski definition) is 4. The summed E-state index contributed by atoms with van der Waals surface area (Å²) in [6.45, 7) is 0.429. The minimum atomic E-state index is -4.57. The van der Waals surface area contributed by atoms with E-state index >= 15 is 0 Å². The van der Waals surface area contributed by atoms with Crippen molar-refractivity contribution >= 4 is 17.7 Å². The van der Waals surface area contributed by atoms with Gasteiger partial charge in [-0.3, -0.25) is 4.79 Å². The highest BCUT2D eigenvalue weighted by atomic mass is 32.2. The van der Waals surface area contributed by atoms with Gasteiger partial charge < -0.3 is 14.8 Å². The number of nitrogens with one attached hydrogen (secondary N) is 2. The molecule has 0 spiro atoms. The molecule has 1 aromatic heterocycles. The number of likely N-dealkylation sites (N-methyl/N-ethyl adjacent to an activating group) is 1. The molecule has 26 heavy (non-hydrogen) atoms. The van der Waals surface area contributed by atoms with E-state index in [1.54, 1.807) is 0 Å². The first-order chi connectivity index (χ1) is 12.2. The predicted octanol–water partition coefficient (Wildman–Crippen LogP) is 0.928. The van der Waals surface area contributed by atoms with E-state index in [-0.39, 0.29) is 22.9 Å². The average Bonchev–Trinajstić information content (AvgIpc) is 2.95. The van der Waals surface area contributed by atoms with Crippen molar-refractivity contribution in [2.75, 3.05) is 26.4 Å². The molecule has 0 fully saturated rings. The minimum absolute atomic E-state index is 0.0336. The Bertz CT molecular complexity index is 733. The molecule has 6 nitrogen and oxygen atoms in total. The van der Waals surface area contributed by atoms with Crippen molar-refractivity contribution in [2.45, 2.75) is 17.4 Å². The highest BCUT2D eigenvalue weighted by Gasteiger charge is 2.37. The van der Waals surface area contributed by atoms with Crippen molar-refractivity contribution in [1.82, 2.24) is 20.1 Å². The first-order valence-electron chi connectivity index (χ1n) is 7.91. The summed E-state index contributed by atoms with van der Waals surface area (Å²) in [6, 6.07) is 9.88. The third-order valence-corrected chi connectivity index (χ3v) is 4.84. The number of carbonyl (C=O) groups excluding carboxylic acids is 1. The Morgan fingerprint density at radius 2 is 1.92 bits per heavy atom. The van der Waals surface area contributed by atoms with Gasteiger partial charge in [-0.25, -0.2) is 0 Å².